The van der Waals surface area contributed by atoms with Gasteiger partial charge in [-0.05, 0) is 60.7 Å². The van der Waals surface area contributed by atoms with Crippen molar-refractivity contribution in [3.8, 4) is 5.75 Å². The standard InChI is InChI=1S/C12H8S2.C6H6O/c1-2-10-4-3-9(1)13-11-5-7-12(14-10)8-6-11;7-6-4-2-1-3-5-6/h1-8H;1-5,7H. The molecule has 3 aromatic carbocycles. The van der Waals surface area contributed by atoms with Gasteiger partial charge in [0.15, 0.2) is 0 Å². The molecule has 0 aromatic heterocycles. The highest BCUT2D eigenvalue weighted by Gasteiger charge is 2.03. The van der Waals surface area contributed by atoms with Crippen LogP contribution in [0.2, 0.25) is 0 Å². The lowest BCUT2D eigenvalue weighted by Crippen LogP contribution is -1.80. The second kappa shape index (κ2) is 6.74. The van der Waals surface area contributed by atoms with E-state index in [0.29, 0.717) is 5.75 Å². The Morgan fingerprint density at radius 2 is 0.810 bits per heavy atom. The fourth-order valence-corrected chi connectivity index (χ4v) is 3.48. The van der Waals surface area contributed by atoms with Gasteiger partial charge in [0.2, 0.25) is 0 Å². The smallest absolute Gasteiger partial charge is 0.115 e. The van der Waals surface area contributed by atoms with Gasteiger partial charge in [0.05, 0.1) is 0 Å². The van der Waals surface area contributed by atoms with E-state index in [1.165, 1.54) is 19.6 Å². The van der Waals surface area contributed by atoms with Crippen LogP contribution in [0, 0.1) is 0 Å². The summed E-state index contributed by atoms with van der Waals surface area (Å²) in [4.78, 5) is 5.24. The van der Waals surface area contributed by atoms with Crippen molar-refractivity contribution in [2.24, 2.45) is 0 Å². The highest BCUT2D eigenvalue weighted by molar-refractivity contribution is 8.00. The van der Waals surface area contributed by atoms with E-state index in [9.17, 15) is 0 Å². The minimum atomic E-state index is 0.322. The Hall–Kier alpha value is -1.84. The summed E-state index contributed by atoms with van der Waals surface area (Å²) in [5.41, 5.74) is 0. The average Bonchev–Trinajstić information content (AvgIpc) is 2.55. The number of phenolic OH excluding ortho intramolecular Hbond substituents is 1. The SMILES string of the molecule is Oc1ccccc1.c1cc2ccc1Sc1ccc(cc1)S2. The first-order chi connectivity index (χ1) is 10.3. The van der Waals surface area contributed by atoms with Crippen LogP contribution in [0.1, 0.15) is 0 Å². The fraction of sp³-hybridized carbons (Fsp3) is 0. The maximum Gasteiger partial charge on any atom is 0.115 e. The minimum Gasteiger partial charge on any atom is -0.508 e. The van der Waals surface area contributed by atoms with E-state index in [2.05, 4.69) is 48.5 Å². The predicted octanol–water partition coefficient (Wildman–Crippen LogP) is 5.69. The summed E-state index contributed by atoms with van der Waals surface area (Å²) < 4.78 is 0. The van der Waals surface area contributed by atoms with E-state index < -0.39 is 0 Å². The first kappa shape index (κ1) is 14.1. The van der Waals surface area contributed by atoms with Gasteiger partial charge in [-0.1, -0.05) is 41.7 Å². The molecule has 1 N–H and O–H groups in total. The third-order valence-electron chi connectivity index (χ3n) is 2.88. The van der Waals surface area contributed by atoms with E-state index in [4.69, 9.17) is 5.11 Å². The Kier molecular flexibility index (Phi) is 4.53. The molecule has 0 saturated heterocycles. The number of hydrogen-bond acceptors (Lipinski definition) is 3. The highest BCUT2D eigenvalue weighted by atomic mass is 32.2. The Balaban J connectivity index is 0.000000160. The lowest BCUT2D eigenvalue weighted by Gasteiger charge is -2.08. The summed E-state index contributed by atoms with van der Waals surface area (Å²) in [6.07, 6.45) is 0. The maximum atomic E-state index is 8.63. The first-order valence-electron chi connectivity index (χ1n) is 6.59. The molecular formula is C18H14OS2. The molecule has 0 amide bonds. The van der Waals surface area contributed by atoms with Gasteiger partial charge in [-0.15, -0.1) is 0 Å². The van der Waals surface area contributed by atoms with Gasteiger partial charge in [-0.25, -0.2) is 0 Å². The molecule has 0 spiro atoms. The Morgan fingerprint density at radius 1 is 0.476 bits per heavy atom. The molecule has 21 heavy (non-hydrogen) atoms. The van der Waals surface area contributed by atoms with Crippen LogP contribution in [0.25, 0.3) is 0 Å². The average molecular weight is 310 g/mol. The molecule has 104 valence electrons. The van der Waals surface area contributed by atoms with E-state index in [1.807, 2.05) is 29.6 Å². The van der Waals surface area contributed by atoms with Crippen molar-refractivity contribution in [3.63, 3.8) is 0 Å². The number of benzene rings is 3. The molecule has 0 unspecified atom stereocenters. The van der Waals surface area contributed by atoms with Crippen LogP contribution in [0.3, 0.4) is 0 Å². The van der Waals surface area contributed by atoms with Crippen molar-refractivity contribution >= 4 is 23.5 Å². The zero-order chi connectivity index (χ0) is 14.5. The van der Waals surface area contributed by atoms with Crippen molar-refractivity contribution in [2.45, 2.75) is 19.6 Å². The molecule has 4 bridgehead atoms. The third-order valence-corrected chi connectivity index (χ3v) is 4.91. The van der Waals surface area contributed by atoms with Gasteiger partial charge in [0.1, 0.15) is 5.75 Å². The summed E-state index contributed by atoms with van der Waals surface area (Å²) in [5, 5.41) is 8.63. The third kappa shape index (κ3) is 4.06. The highest BCUT2D eigenvalue weighted by Crippen LogP contribution is 2.35. The second-order valence-electron chi connectivity index (χ2n) is 4.48. The Labute approximate surface area is 133 Å². The zero-order valence-electron chi connectivity index (χ0n) is 11.3. The molecule has 0 atom stereocenters. The van der Waals surface area contributed by atoms with Crippen LogP contribution in [-0.2, 0) is 0 Å². The molecule has 4 aliphatic rings. The summed E-state index contributed by atoms with van der Waals surface area (Å²) in [5.74, 6) is 0.322. The molecule has 4 heterocycles. The van der Waals surface area contributed by atoms with E-state index in [1.54, 1.807) is 24.3 Å². The lowest BCUT2D eigenvalue weighted by atomic mass is 10.3. The number of rotatable bonds is 0. The molecule has 4 aliphatic heterocycles. The minimum absolute atomic E-state index is 0.322. The molecule has 0 aliphatic carbocycles. The second-order valence-corrected chi connectivity index (χ2v) is 6.78. The number of aromatic hydroxyl groups is 1. The van der Waals surface area contributed by atoms with Crippen LogP contribution in [0.5, 0.6) is 5.75 Å². The fourth-order valence-electron chi connectivity index (χ4n) is 1.85. The number of hydrogen-bond donors (Lipinski definition) is 1. The van der Waals surface area contributed by atoms with Gasteiger partial charge < -0.3 is 5.11 Å². The van der Waals surface area contributed by atoms with Crippen molar-refractivity contribution in [1.82, 2.24) is 0 Å². The zero-order valence-corrected chi connectivity index (χ0v) is 12.9. The van der Waals surface area contributed by atoms with E-state index in [-0.39, 0.29) is 0 Å². The maximum absolute atomic E-state index is 8.63. The van der Waals surface area contributed by atoms with Crippen LogP contribution in [0.4, 0.5) is 0 Å². The van der Waals surface area contributed by atoms with Crippen molar-refractivity contribution in [2.75, 3.05) is 0 Å². The van der Waals surface area contributed by atoms with E-state index in [0.717, 1.165) is 0 Å². The summed E-state index contributed by atoms with van der Waals surface area (Å²) in [6, 6.07) is 26.2. The van der Waals surface area contributed by atoms with Gasteiger partial charge in [0.25, 0.3) is 0 Å². The number of phenols is 1. The molecule has 3 heteroatoms. The molecule has 1 nitrogen and oxygen atoms in total. The molecule has 0 radical (unpaired) electrons. The molecular weight excluding hydrogens is 296 g/mol. The van der Waals surface area contributed by atoms with Crippen LogP contribution in [-0.4, -0.2) is 5.11 Å². The normalized spacial score (nSPS) is 11.6. The molecule has 0 saturated carbocycles. The largest absolute Gasteiger partial charge is 0.508 e. The van der Waals surface area contributed by atoms with Gasteiger partial charge in [-0.3, -0.25) is 0 Å². The quantitative estimate of drug-likeness (QED) is 0.450. The summed E-state index contributed by atoms with van der Waals surface area (Å²) >= 11 is 3.63. The van der Waals surface area contributed by atoms with Gasteiger partial charge >= 0.3 is 0 Å². The van der Waals surface area contributed by atoms with Crippen LogP contribution >= 0.6 is 23.5 Å². The van der Waals surface area contributed by atoms with Crippen molar-refractivity contribution in [1.29, 1.82) is 0 Å². The van der Waals surface area contributed by atoms with Gasteiger partial charge in [0, 0.05) is 19.6 Å². The molecule has 3 aromatic rings. The van der Waals surface area contributed by atoms with Crippen molar-refractivity contribution < 1.29 is 5.11 Å². The molecule has 7 rings (SSSR count). The Bertz CT molecular complexity index is 604. The number of para-hydroxylation sites is 1. The first-order valence-corrected chi connectivity index (χ1v) is 8.23. The van der Waals surface area contributed by atoms with Gasteiger partial charge in [-0.2, -0.15) is 0 Å². The molecule has 0 fully saturated rings. The summed E-state index contributed by atoms with van der Waals surface area (Å²) in [6.45, 7) is 0. The monoisotopic (exact) mass is 310 g/mol. The summed E-state index contributed by atoms with van der Waals surface area (Å²) in [7, 11) is 0. The topological polar surface area (TPSA) is 20.2 Å². The van der Waals surface area contributed by atoms with Crippen LogP contribution in [0.15, 0.2) is 98.4 Å². The Morgan fingerprint density at radius 3 is 1.05 bits per heavy atom. The van der Waals surface area contributed by atoms with E-state index >= 15 is 0 Å². The lowest BCUT2D eigenvalue weighted by molar-refractivity contribution is 0.475. The predicted molar refractivity (Wildman–Crippen MR) is 89.2 cm³/mol. The van der Waals surface area contributed by atoms with Crippen molar-refractivity contribution in [3.05, 3.63) is 78.9 Å². The van der Waals surface area contributed by atoms with Crippen LogP contribution < -0.4 is 0 Å².